The first-order valence-electron chi connectivity index (χ1n) is 26.6. The molecule has 4 heteroatoms. The molecule has 0 radical (unpaired) electrons. The number of hydrogen-bond donors (Lipinski definition) is 0. The zero-order valence-electron chi connectivity index (χ0n) is 43.4. The third kappa shape index (κ3) is 9.49. The quantitative estimate of drug-likeness (QED) is 0.108. The highest BCUT2D eigenvalue weighted by Gasteiger charge is 2.24. The lowest BCUT2D eigenvalue weighted by Crippen LogP contribution is -2.04. The smallest absolute Gasteiger partial charge is 0.164 e. The van der Waals surface area contributed by atoms with Crippen LogP contribution < -0.4 is 0 Å². The second-order valence-corrected chi connectivity index (χ2v) is 19.7. The Labute approximate surface area is 461 Å². The molecular weight excluding hydrogens is 957 g/mol. The molecule has 2 heterocycles. The second-order valence-electron chi connectivity index (χ2n) is 19.7. The van der Waals surface area contributed by atoms with E-state index in [1.54, 1.807) is 6.08 Å². The highest BCUT2D eigenvalue weighted by molar-refractivity contribution is 6.13. The SMILES string of the molecule is C=C/C=C(\C=C)c1cc(-c2ccccc2)cc(-c2nc(-c3ccc(-c4ccccc4)cc3)nc(-c3cc(-c4ccccc4)c(-n4c5ccc(-c6ccccc6)cc5c5cc(-c6ccccc6)ccc54)c(-c4ccccc4)c3)n2)c1. The fraction of sp³-hybridized carbons (Fsp3) is 0. The lowest BCUT2D eigenvalue weighted by molar-refractivity contribution is 1.07. The molecule has 0 unspecified atom stereocenters. The van der Waals surface area contributed by atoms with Crippen LogP contribution in [0.3, 0.4) is 0 Å². The first-order valence-corrected chi connectivity index (χ1v) is 26.6. The van der Waals surface area contributed by atoms with Gasteiger partial charge < -0.3 is 4.57 Å². The Morgan fingerprint density at radius 3 is 1.08 bits per heavy atom. The maximum atomic E-state index is 5.52. The van der Waals surface area contributed by atoms with E-state index >= 15 is 0 Å². The molecule has 4 nitrogen and oxygen atoms in total. The summed E-state index contributed by atoms with van der Waals surface area (Å²) in [5.41, 5.74) is 20.9. The molecule has 0 N–H and O–H groups in total. The molecule has 13 aromatic rings. The first kappa shape index (κ1) is 48.1. The van der Waals surface area contributed by atoms with Gasteiger partial charge in [0.25, 0.3) is 0 Å². The summed E-state index contributed by atoms with van der Waals surface area (Å²) in [6.45, 7) is 8.23. The summed E-state index contributed by atoms with van der Waals surface area (Å²) < 4.78 is 2.48. The van der Waals surface area contributed by atoms with Crippen LogP contribution in [0.4, 0.5) is 0 Å². The van der Waals surface area contributed by atoms with E-state index in [2.05, 4.69) is 279 Å². The molecule has 0 atom stereocenters. The van der Waals surface area contributed by atoms with Gasteiger partial charge in [0.1, 0.15) is 0 Å². The molecule has 0 saturated heterocycles. The van der Waals surface area contributed by atoms with Crippen LogP contribution in [0.1, 0.15) is 5.56 Å². The molecular formula is C75H52N4. The molecule has 0 aliphatic heterocycles. The van der Waals surface area contributed by atoms with Crippen LogP contribution in [-0.4, -0.2) is 19.5 Å². The van der Waals surface area contributed by atoms with Crippen molar-refractivity contribution in [3.05, 3.63) is 310 Å². The molecule has 372 valence electrons. The Morgan fingerprint density at radius 1 is 0.304 bits per heavy atom. The van der Waals surface area contributed by atoms with Gasteiger partial charge in [0.15, 0.2) is 17.5 Å². The van der Waals surface area contributed by atoms with Crippen molar-refractivity contribution in [2.45, 2.75) is 0 Å². The molecule has 0 fully saturated rings. The predicted octanol–water partition coefficient (Wildman–Crippen LogP) is 19.7. The lowest BCUT2D eigenvalue weighted by atomic mass is 9.92. The van der Waals surface area contributed by atoms with E-state index in [0.29, 0.717) is 17.5 Å². The fourth-order valence-electron chi connectivity index (χ4n) is 10.9. The Balaban J connectivity index is 1.09. The van der Waals surface area contributed by atoms with Crippen LogP contribution in [0.15, 0.2) is 304 Å². The van der Waals surface area contributed by atoms with Crippen LogP contribution in [0, 0.1) is 0 Å². The fourth-order valence-corrected chi connectivity index (χ4v) is 10.9. The first-order chi connectivity index (χ1) is 39.1. The van der Waals surface area contributed by atoms with Gasteiger partial charge in [-0.1, -0.05) is 250 Å². The number of nitrogens with zero attached hydrogens (tertiary/aromatic N) is 4. The molecule has 0 aliphatic rings. The molecule has 79 heavy (non-hydrogen) atoms. The van der Waals surface area contributed by atoms with Crippen LogP contribution in [0.5, 0.6) is 0 Å². The summed E-state index contributed by atoms with van der Waals surface area (Å²) in [6.07, 6.45) is 5.65. The van der Waals surface area contributed by atoms with E-state index in [0.717, 1.165) is 100 Å². The van der Waals surface area contributed by atoms with Crippen LogP contribution in [0.25, 0.3) is 134 Å². The number of allylic oxidation sites excluding steroid dienone is 4. The van der Waals surface area contributed by atoms with E-state index in [1.165, 1.54) is 21.9 Å². The van der Waals surface area contributed by atoms with Gasteiger partial charge in [0, 0.05) is 38.6 Å². The minimum absolute atomic E-state index is 0.547. The van der Waals surface area contributed by atoms with E-state index in [4.69, 9.17) is 15.0 Å². The van der Waals surface area contributed by atoms with Crippen LogP contribution in [-0.2, 0) is 0 Å². The van der Waals surface area contributed by atoms with Crippen molar-refractivity contribution >= 4 is 27.4 Å². The Hall–Kier alpha value is -10.6. The number of benzene rings is 11. The standard InChI is InChI=1S/C75H52N4/c1-3-23-51(4-2)62-44-63(55-30-17-8-18-31-55)46-64(45-62)74-76-73(59-38-36-56(37-39-59)52-24-11-5-12-25-52)77-75(78-74)65-49-66(57-32-19-9-20-33-57)72(67(50-65)58-34-21-10-22-35-58)79-70-42-40-60(53-26-13-6-14-27-53)47-68(70)69-48-61(41-43-71(69)79)54-28-15-7-16-29-54/h3-50H,1-2H2/b51-23+. The second kappa shape index (κ2) is 21.2. The third-order valence-electron chi connectivity index (χ3n) is 14.8. The third-order valence-corrected chi connectivity index (χ3v) is 14.8. The van der Waals surface area contributed by atoms with Crippen molar-refractivity contribution in [1.29, 1.82) is 0 Å². The zero-order chi connectivity index (χ0) is 53.1. The molecule has 0 spiro atoms. The number of hydrogen-bond acceptors (Lipinski definition) is 3. The normalized spacial score (nSPS) is 11.5. The van der Waals surface area contributed by atoms with Crippen molar-refractivity contribution < 1.29 is 0 Å². The van der Waals surface area contributed by atoms with Crippen molar-refractivity contribution in [2.24, 2.45) is 0 Å². The van der Waals surface area contributed by atoms with E-state index in [-0.39, 0.29) is 0 Å². The highest BCUT2D eigenvalue weighted by atomic mass is 15.0. The summed E-state index contributed by atoms with van der Waals surface area (Å²) in [5, 5.41) is 2.34. The molecule has 0 bridgehead atoms. The maximum Gasteiger partial charge on any atom is 0.164 e. The number of aromatic nitrogens is 4. The summed E-state index contributed by atoms with van der Waals surface area (Å²) in [7, 11) is 0. The van der Waals surface area contributed by atoms with Crippen molar-refractivity contribution in [1.82, 2.24) is 19.5 Å². The minimum atomic E-state index is 0.547. The molecule has 0 amide bonds. The van der Waals surface area contributed by atoms with Gasteiger partial charge in [-0.3, -0.25) is 0 Å². The molecule has 13 rings (SSSR count). The summed E-state index contributed by atoms with van der Waals surface area (Å²) in [4.78, 5) is 16.3. The Morgan fingerprint density at radius 2 is 0.646 bits per heavy atom. The van der Waals surface area contributed by atoms with Crippen LogP contribution in [0.2, 0.25) is 0 Å². The van der Waals surface area contributed by atoms with Crippen molar-refractivity contribution in [2.75, 3.05) is 0 Å². The maximum absolute atomic E-state index is 5.52. The van der Waals surface area contributed by atoms with Gasteiger partial charge in [-0.2, -0.15) is 0 Å². The lowest BCUT2D eigenvalue weighted by Gasteiger charge is -2.21. The van der Waals surface area contributed by atoms with E-state index < -0.39 is 0 Å². The van der Waals surface area contributed by atoms with Gasteiger partial charge in [0.2, 0.25) is 0 Å². The van der Waals surface area contributed by atoms with Gasteiger partial charge in [0.05, 0.1) is 16.7 Å². The molecule has 0 saturated carbocycles. The number of rotatable bonds is 13. The van der Waals surface area contributed by atoms with Crippen molar-refractivity contribution in [3.63, 3.8) is 0 Å². The topological polar surface area (TPSA) is 43.6 Å². The summed E-state index contributed by atoms with van der Waals surface area (Å²) in [5.74, 6) is 1.66. The predicted molar refractivity (Wildman–Crippen MR) is 331 cm³/mol. The zero-order valence-corrected chi connectivity index (χ0v) is 43.4. The summed E-state index contributed by atoms with van der Waals surface area (Å²) >= 11 is 0. The largest absolute Gasteiger partial charge is 0.308 e. The van der Waals surface area contributed by atoms with Gasteiger partial charge in [-0.15, -0.1) is 0 Å². The van der Waals surface area contributed by atoms with Gasteiger partial charge in [-0.05, 0) is 121 Å². The minimum Gasteiger partial charge on any atom is -0.308 e. The average molecular weight is 1010 g/mol. The van der Waals surface area contributed by atoms with E-state index in [9.17, 15) is 0 Å². The monoisotopic (exact) mass is 1010 g/mol. The molecule has 2 aromatic heterocycles. The molecule has 0 aliphatic carbocycles. The Bertz CT molecular complexity index is 4240. The van der Waals surface area contributed by atoms with Gasteiger partial charge >= 0.3 is 0 Å². The van der Waals surface area contributed by atoms with Crippen LogP contribution >= 0.6 is 0 Å². The molecule has 11 aromatic carbocycles. The van der Waals surface area contributed by atoms with E-state index in [1.807, 2.05) is 24.3 Å². The number of fused-ring (bicyclic) bond motifs is 3. The average Bonchev–Trinajstić information content (AvgIpc) is 4.00. The Kier molecular flexibility index (Phi) is 12.9. The summed E-state index contributed by atoms with van der Waals surface area (Å²) in [6, 6.07) is 97.0. The highest BCUT2D eigenvalue weighted by Crippen LogP contribution is 2.45. The van der Waals surface area contributed by atoms with Gasteiger partial charge in [-0.25, -0.2) is 15.0 Å². The van der Waals surface area contributed by atoms with Crippen molar-refractivity contribution in [3.8, 4) is 107 Å².